The number of nitrogens with zero attached hydrogens (tertiary/aromatic N) is 1. The fraction of sp³-hybridized carbons (Fsp3) is 0.600. The maximum absolute atomic E-state index is 11.6. The van der Waals surface area contributed by atoms with Gasteiger partial charge in [0, 0.05) is 5.38 Å². The van der Waals surface area contributed by atoms with Crippen LogP contribution in [0.15, 0.2) is 5.38 Å². The summed E-state index contributed by atoms with van der Waals surface area (Å²) in [6, 6.07) is -0.0194. The number of aryl methyl sites for hydroxylation is 1. The molecule has 1 rings (SSSR count). The molecular formula is C10H15BrN2OS. The molecule has 1 aromatic heterocycles. The largest absolute Gasteiger partial charge is 0.347 e. The minimum atomic E-state index is -0.111. The number of hydrogen-bond donors (Lipinski definition) is 1. The highest BCUT2D eigenvalue weighted by Crippen LogP contribution is 2.16. The van der Waals surface area contributed by atoms with Crippen molar-refractivity contribution >= 4 is 33.2 Å². The lowest BCUT2D eigenvalue weighted by Crippen LogP contribution is -2.33. The van der Waals surface area contributed by atoms with E-state index >= 15 is 0 Å². The van der Waals surface area contributed by atoms with Crippen LogP contribution in [0.25, 0.3) is 0 Å². The molecule has 15 heavy (non-hydrogen) atoms. The van der Waals surface area contributed by atoms with Crippen LogP contribution in [0.1, 0.15) is 37.0 Å². The van der Waals surface area contributed by atoms with Gasteiger partial charge in [-0.15, -0.1) is 11.3 Å². The van der Waals surface area contributed by atoms with E-state index in [1.807, 2.05) is 26.2 Å². The van der Waals surface area contributed by atoms with Crippen molar-refractivity contribution in [2.45, 2.75) is 38.1 Å². The molecule has 0 bridgehead atoms. The third-order valence-electron chi connectivity index (χ3n) is 2.08. The first-order valence-electron chi connectivity index (χ1n) is 4.91. The van der Waals surface area contributed by atoms with E-state index in [0.29, 0.717) is 0 Å². The van der Waals surface area contributed by atoms with Gasteiger partial charge in [-0.25, -0.2) is 4.98 Å². The molecule has 1 N–H and O–H groups in total. The zero-order chi connectivity index (χ0) is 11.4. The fourth-order valence-electron chi connectivity index (χ4n) is 1.14. The number of halogens is 1. The van der Waals surface area contributed by atoms with Crippen molar-refractivity contribution in [2.24, 2.45) is 0 Å². The molecule has 0 aliphatic heterocycles. The molecule has 0 aliphatic rings. The molecule has 1 aromatic rings. The zero-order valence-electron chi connectivity index (χ0n) is 9.08. The van der Waals surface area contributed by atoms with Gasteiger partial charge >= 0.3 is 0 Å². The number of aromatic nitrogens is 1. The summed E-state index contributed by atoms with van der Waals surface area (Å²) in [5, 5.41) is 5.93. The second kappa shape index (κ2) is 5.61. The maximum Gasteiger partial charge on any atom is 0.234 e. The lowest BCUT2D eigenvalue weighted by atomic mass is 10.2. The van der Waals surface area contributed by atoms with Crippen LogP contribution in [-0.2, 0) is 4.79 Å². The fourth-order valence-corrected chi connectivity index (χ4v) is 1.98. The Morgan fingerprint density at radius 3 is 2.87 bits per heavy atom. The van der Waals surface area contributed by atoms with Crippen molar-refractivity contribution in [3.8, 4) is 0 Å². The molecule has 0 saturated heterocycles. The van der Waals surface area contributed by atoms with Gasteiger partial charge in [0.25, 0.3) is 0 Å². The van der Waals surface area contributed by atoms with Crippen LogP contribution in [0.5, 0.6) is 0 Å². The van der Waals surface area contributed by atoms with E-state index in [9.17, 15) is 4.79 Å². The van der Waals surface area contributed by atoms with Crippen LogP contribution in [0.2, 0.25) is 0 Å². The van der Waals surface area contributed by atoms with Crippen molar-refractivity contribution < 1.29 is 4.79 Å². The highest BCUT2D eigenvalue weighted by Gasteiger charge is 2.16. The minimum absolute atomic E-state index is 0.0194. The molecule has 2 unspecified atom stereocenters. The average molecular weight is 291 g/mol. The highest BCUT2D eigenvalue weighted by atomic mass is 79.9. The number of rotatable bonds is 4. The van der Waals surface area contributed by atoms with Crippen LogP contribution in [0.4, 0.5) is 0 Å². The van der Waals surface area contributed by atoms with Crippen molar-refractivity contribution in [3.63, 3.8) is 0 Å². The van der Waals surface area contributed by atoms with Crippen molar-refractivity contribution in [1.82, 2.24) is 10.3 Å². The zero-order valence-corrected chi connectivity index (χ0v) is 11.5. The normalized spacial score (nSPS) is 14.7. The third kappa shape index (κ3) is 3.57. The standard InChI is InChI=1S/C10H15BrN2OS/c1-4-8(11)10(14)12-6(2)9-5-15-7(3)13-9/h5-6,8H,4H2,1-3H3,(H,12,14). The van der Waals surface area contributed by atoms with Gasteiger partial charge in [0.15, 0.2) is 0 Å². The number of hydrogen-bond acceptors (Lipinski definition) is 3. The first-order valence-corrected chi connectivity index (χ1v) is 6.70. The monoisotopic (exact) mass is 290 g/mol. The summed E-state index contributed by atoms with van der Waals surface area (Å²) < 4.78 is 0. The Kier molecular flexibility index (Phi) is 4.73. The van der Waals surface area contributed by atoms with Gasteiger partial charge < -0.3 is 5.32 Å². The third-order valence-corrected chi connectivity index (χ3v) is 3.94. The van der Waals surface area contributed by atoms with Gasteiger partial charge in [-0.05, 0) is 20.3 Å². The summed E-state index contributed by atoms with van der Waals surface area (Å²) in [6.45, 7) is 5.88. The lowest BCUT2D eigenvalue weighted by molar-refractivity contribution is -0.121. The van der Waals surface area contributed by atoms with Crippen molar-refractivity contribution in [1.29, 1.82) is 0 Å². The van der Waals surface area contributed by atoms with Crippen LogP contribution >= 0.6 is 27.3 Å². The van der Waals surface area contributed by atoms with Crippen LogP contribution < -0.4 is 5.32 Å². The van der Waals surface area contributed by atoms with E-state index in [0.717, 1.165) is 17.1 Å². The summed E-state index contributed by atoms with van der Waals surface area (Å²) in [6.07, 6.45) is 0.786. The predicted molar refractivity (Wildman–Crippen MR) is 66.4 cm³/mol. The minimum Gasteiger partial charge on any atom is -0.347 e. The summed E-state index contributed by atoms with van der Waals surface area (Å²) in [4.78, 5) is 15.8. The molecule has 0 fully saturated rings. The molecule has 5 heteroatoms. The molecule has 0 radical (unpaired) electrons. The van der Waals surface area contributed by atoms with Crippen molar-refractivity contribution in [3.05, 3.63) is 16.1 Å². The molecule has 0 aromatic carbocycles. The highest BCUT2D eigenvalue weighted by molar-refractivity contribution is 9.10. The number of alkyl halides is 1. The molecule has 0 spiro atoms. The second-order valence-corrected chi connectivity index (χ2v) is 5.56. The molecule has 2 atom stereocenters. The number of amides is 1. The van der Waals surface area contributed by atoms with Crippen LogP contribution in [0.3, 0.4) is 0 Å². The van der Waals surface area contributed by atoms with Gasteiger partial charge in [0.2, 0.25) is 5.91 Å². The Hall–Kier alpha value is -0.420. The second-order valence-electron chi connectivity index (χ2n) is 3.40. The summed E-state index contributed by atoms with van der Waals surface area (Å²) in [7, 11) is 0. The molecule has 3 nitrogen and oxygen atoms in total. The number of carbonyl (C=O) groups excluding carboxylic acids is 1. The Bertz CT molecular complexity index is 340. The van der Waals surface area contributed by atoms with Gasteiger partial charge in [-0.1, -0.05) is 22.9 Å². The van der Waals surface area contributed by atoms with E-state index in [2.05, 4.69) is 26.2 Å². The van der Waals surface area contributed by atoms with E-state index in [-0.39, 0.29) is 16.8 Å². The summed E-state index contributed by atoms with van der Waals surface area (Å²) >= 11 is 4.92. The van der Waals surface area contributed by atoms with Crippen molar-refractivity contribution in [2.75, 3.05) is 0 Å². The Balaban J connectivity index is 2.56. The number of nitrogens with one attached hydrogen (secondary N) is 1. The molecule has 1 amide bonds. The first kappa shape index (κ1) is 12.6. The topological polar surface area (TPSA) is 42.0 Å². The van der Waals surface area contributed by atoms with E-state index in [4.69, 9.17) is 0 Å². The quantitative estimate of drug-likeness (QED) is 0.867. The smallest absolute Gasteiger partial charge is 0.234 e. The Morgan fingerprint density at radius 1 is 1.73 bits per heavy atom. The molecule has 1 heterocycles. The maximum atomic E-state index is 11.6. The van der Waals surface area contributed by atoms with Gasteiger partial charge in [-0.3, -0.25) is 4.79 Å². The van der Waals surface area contributed by atoms with E-state index < -0.39 is 0 Å². The molecular weight excluding hydrogens is 276 g/mol. The molecule has 0 aliphatic carbocycles. The van der Waals surface area contributed by atoms with Gasteiger partial charge in [0.05, 0.1) is 21.6 Å². The lowest BCUT2D eigenvalue weighted by Gasteiger charge is -2.13. The van der Waals surface area contributed by atoms with Gasteiger partial charge in [0.1, 0.15) is 0 Å². The Labute approximate surface area is 102 Å². The molecule has 84 valence electrons. The van der Waals surface area contributed by atoms with E-state index in [1.165, 1.54) is 0 Å². The predicted octanol–water partition coefficient (Wildman–Crippen LogP) is 2.80. The summed E-state index contributed by atoms with van der Waals surface area (Å²) in [5.41, 5.74) is 0.932. The molecule has 0 saturated carbocycles. The van der Waals surface area contributed by atoms with Gasteiger partial charge in [-0.2, -0.15) is 0 Å². The average Bonchev–Trinajstić information content (AvgIpc) is 2.63. The number of thiazole rings is 1. The SMILES string of the molecule is CCC(Br)C(=O)NC(C)c1csc(C)n1. The van der Waals surface area contributed by atoms with Crippen LogP contribution in [-0.4, -0.2) is 15.7 Å². The van der Waals surface area contributed by atoms with Crippen LogP contribution in [0, 0.1) is 6.92 Å². The summed E-state index contributed by atoms with van der Waals surface area (Å²) in [5.74, 6) is 0.0238. The Morgan fingerprint density at radius 2 is 2.40 bits per heavy atom. The first-order chi connectivity index (χ1) is 7.04. The van der Waals surface area contributed by atoms with E-state index in [1.54, 1.807) is 11.3 Å². The number of carbonyl (C=O) groups is 1.